The number of nitrogens with zero attached hydrogens (tertiary/aromatic N) is 1. The van der Waals surface area contributed by atoms with E-state index in [2.05, 4.69) is 0 Å². The molecule has 120 valence electrons. The molecule has 0 aliphatic rings. The average molecular weight is 328 g/mol. The molecular weight excluding hydrogens is 309 g/mol. The van der Waals surface area contributed by atoms with E-state index >= 15 is 0 Å². The van der Waals surface area contributed by atoms with Gasteiger partial charge in [-0.2, -0.15) is 0 Å². The van der Waals surface area contributed by atoms with E-state index in [-0.39, 0.29) is 19.4 Å². The van der Waals surface area contributed by atoms with Crippen molar-refractivity contribution in [1.82, 2.24) is 5.06 Å². The van der Waals surface area contributed by atoms with Gasteiger partial charge in [-0.05, 0) is 30.5 Å². The normalized spacial score (nSPS) is 12.2. The number of benzene rings is 1. The molecule has 0 bridgehead atoms. The van der Waals surface area contributed by atoms with Gasteiger partial charge in [-0.25, -0.2) is 9.86 Å². The van der Waals surface area contributed by atoms with E-state index in [1.807, 2.05) is 0 Å². The van der Waals surface area contributed by atoms with Crippen LogP contribution in [0.4, 0.5) is 0 Å². The Bertz CT molecular complexity index is 495. The van der Waals surface area contributed by atoms with Crippen LogP contribution in [0.25, 0.3) is 0 Å². The van der Waals surface area contributed by atoms with Crippen LogP contribution >= 0.6 is 8.03 Å². The molecule has 2 atom stereocenters. The van der Waals surface area contributed by atoms with Gasteiger partial charge in [-0.1, -0.05) is 18.2 Å². The van der Waals surface area contributed by atoms with E-state index < -0.39 is 20.0 Å². The number of carbonyl (C=O) groups is 2. The molecule has 0 N–H and O–H groups in total. The highest BCUT2D eigenvalue weighted by Crippen LogP contribution is 2.28. The zero-order valence-electron chi connectivity index (χ0n) is 12.5. The molecule has 0 spiro atoms. The van der Waals surface area contributed by atoms with Gasteiger partial charge >= 0.3 is 14.0 Å². The second-order valence-corrected chi connectivity index (χ2v) is 5.28. The van der Waals surface area contributed by atoms with E-state index in [0.717, 1.165) is 5.06 Å². The lowest BCUT2D eigenvalue weighted by molar-refractivity contribution is -0.193. The molecule has 0 aliphatic carbocycles. The van der Waals surface area contributed by atoms with Crippen LogP contribution in [0.1, 0.15) is 13.8 Å². The summed E-state index contributed by atoms with van der Waals surface area (Å²) in [6, 6.07) is 7.44. The summed E-state index contributed by atoms with van der Waals surface area (Å²) in [7, 11) is -2.22. The van der Waals surface area contributed by atoms with Crippen molar-refractivity contribution < 1.29 is 28.3 Å². The number of carbonyl (C=O) groups excluding carboxylic acids is 2. The maximum atomic E-state index is 12.1. The molecule has 2 unspecified atom stereocenters. The van der Waals surface area contributed by atoms with E-state index in [4.69, 9.17) is 14.1 Å². The Hall–Kier alpha value is -1.98. The van der Waals surface area contributed by atoms with Gasteiger partial charge in [0.05, 0.1) is 13.2 Å². The van der Waals surface area contributed by atoms with Crippen LogP contribution in [-0.4, -0.2) is 42.9 Å². The number of hydrogen-bond donors (Lipinski definition) is 0. The van der Waals surface area contributed by atoms with Crippen LogP contribution in [0.5, 0.6) is 5.75 Å². The van der Waals surface area contributed by atoms with Gasteiger partial charge in [0.15, 0.2) is 5.75 Å². The standard InChI is InChI=1S/C14H19NO6P/c1-3-19-14(17)13(15(11-16)20-4-2)10-22(18)21-12-8-6-5-7-9-12/h5-9,11,13H,3-4,10H2,1-2H3/q+1. The highest BCUT2D eigenvalue weighted by Gasteiger charge is 2.37. The molecule has 0 radical (unpaired) electrons. The van der Waals surface area contributed by atoms with E-state index in [0.29, 0.717) is 12.2 Å². The lowest BCUT2D eigenvalue weighted by atomic mass is 10.3. The largest absolute Gasteiger partial charge is 0.559 e. The van der Waals surface area contributed by atoms with Crippen LogP contribution in [0.15, 0.2) is 30.3 Å². The van der Waals surface area contributed by atoms with Gasteiger partial charge in [-0.3, -0.25) is 14.2 Å². The third kappa shape index (κ3) is 5.79. The molecular formula is C14H19NO6P+. The number of hydroxylamine groups is 2. The van der Waals surface area contributed by atoms with Crippen LogP contribution in [0, 0.1) is 0 Å². The summed E-state index contributed by atoms with van der Waals surface area (Å²) >= 11 is 0. The van der Waals surface area contributed by atoms with Crippen LogP contribution in [0.3, 0.4) is 0 Å². The zero-order valence-corrected chi connectivity index (χ0v) is 13.4. The predicted octanol–water partition coefficient (Wildman–Crippen LogP) is 2.15. The van der Waals surface area contributed by atoms with Crippen molar-refractivity contribution in [2.24, 2.45) is 0 Å². The van der Waals surface area contributed by atoms with E-state index in [9.17, 15) is 14.2 Å². The van der Waals surface area contributed by atoms with Gasteiger partial charge in [0.1, 0.15) is 0 Å². The minimum absolute atomic E-state index is 0.143. The first-order valence-corrected chi connectivity index (χ1v) is 8.19. The second kappa shape index (κ2) is 9.87. The minimum atomic E-state index is -2.22. The SMILES string of the molecule is CCOC(=O)C(C[P+](=O)Oc1ccccc1)N(C=O)OCC. The van der Waals surface area contributed by atoms with Crippen molar-refractivity contribution in [3.8, 4) is 5.75 Å². The Morgan fingerprint density at radius 2 is 1.95 bits per heavy atom. The highest BCUT2D eigenvalue weighted by atomic mass is 31.1. The van der Waals surface area contributed by atoms with Crippen molar-refractivity contribution in [3.05, 3.63) is 30.3 Å². The lowest BCUT2D eigenvalue weighted by Crippen LogP contribution is -2.43. The quantitative estimate of drug-likeness (QED) is 0.283. The van der Waals surface area contributed by atoms with E-state index in [1.54, 1.807) is 44.2 Å². The van der Waals surface area contributed by atoms with Crippen molar-refractivity contribution in [3.63, 3.8) is 0 Å². The topological polar surface area (TPSA) is 82.1 Å². The van der Waals surface area contributed by atoms with Crippen LogP contribution in [-0.2, 0) is 23.7 Å². The molecule has 7 nitrogen and oxygen atoms in total. The number of esters is 1. The van der Waals surface area contributed by atoms with Crippen LogP contribution < -0.4 is 4.52 Å². The predicted molar refractivity (Wildman–Crippen MR) is 79.5 cm³/mol. The lowest BCUT2D eigenvalue weighted by Gasteiger charge is -2.21. The molecule has 8 heteroatoms. The fourth-order valence-corrected chi connectivity index (χ4v) is 2.64. The van der Waals surface area contributed by atoms with Gasteiger partial charge in [0.25, 0.3) is 0 Å². The first-order chi connectivity index (χ1) is 10.6. The summed E-state index contributed by atoms with van der Waals surface area (Å²) < 4.78 is 22.2. The monoisotopic (exact) mass is 328 g/mol. The first-order valence-electron chi connectivity index (χ1n) is 6.83. The molecule has 1 aromatic rings. The maximum Gasteiger partial charge on any atom is 0.559 e. The summed E-state index contributed by atoms with van der Waals surface area (Å²) in [6.45, 7) is 3.63. The van der Waals surface area contributed by atoms with Crippen LogP contribution in [0.2, 0.25) is 0 Å². The molecule has 0 aromatic heterocycles. The Morgan fingerprint density at radius 3 is 2.50 bits per heavy atom. The molecule has 1 amide bonds. The summed E-state index contributed by atoms with van der Waals surface area (Å²) in [4.78, 5) is 28.0. The Kier molecular flexibility index (Phi) is 8.10. The third-order valence-corrected chi connectivity index (χ3v) is 3.58. The first kappa shape index (κ1) is 18.1. The Morgan fingerprint density at radius 1 is 1.27 bits per heavy atom. The maximum absolute atomic E-state index is 12.1. The number of hydrogen-bond acceptors (Lipinski definition) is 6. The minimum Gasteiger partial charge on any atom is -0.464 e. The molecule has 0 heterocycles. The smallest absolute Gasteiger partial charge is 0.464 e. The summed E-state index contributed by atoms with van der Waals surface area (Å²) in [5.41, 5.74) is 0. The summed E-state index contributed by atoms with van der Waals surface area (Å²) in [5.74, 6) is -0.275. The molecule has 0 saturated heterocycles. The number of ether oxygens (including phenoxy) is 1. The van der Waals surface area contributed by atoms with Crippen molar-refractivity contribution in [2.45, 2.75) is 19.9 Å². The highest BCUT2D eigenvalue weighted by molar-refractivity contribution is 7.39. The molecule has 1 aromatic carbocycles. The summed E-state index contributed by atoms with van der Waals surface area (Å²) in [6.07, 6.45) is 0.137. The van der Waals surface area contributed by atoms with Gasteiger partial charge < -0.3 is 4.74 Å². The fraction of sp³-hybridized carbons (Fsp3) is 0.429. The number of amides is 1. The average Bonchev–Trinajstić information content (AvgIpc) is 2.52. The van der Waals surface area contributed by atoms with E-state index in [1.165, 1.54) is 0 Å². The van der Waals surface area contributed by atoms with Crippen molar-refractivity contribution in [1.29, 1.82) is 0 Å². The number of rotatable bonds is 10. The van der Waals surface area contributed by atoms with Gasteiger partial charge in [-0.15, -0.1) is 0 Å². The molecule has 0 saturated carbocycles. The molecule has 22 heavy (non-hydrogen) atoms. The fourth-order valence-electron chi connectivity index (χ4n) is 1.62. The molecule has 1 rings (SSSR count). The number of para-hydroxylation sites is 1. The van der Waals surface area contributed by atoms with Crippen molar-refractivity contribution in [2.75, 3.05) is 19.4 Å². The molecule has 0 aliphatic heterocycles. The molecule has 0 fully saturated rings. The van der Waals surface area contributed by atoms with Crippen molar-refractivity contribution >= 4 is 20.4 Å². The zero-order chi connectivity index (χ0) is 16.4. The Balaban J connectivity index is 2.76. The second-order valence-electron chi connectivity index (χ2n) is 4.07. The Labute approximate surface area is 130 Å². The summed E-state index contributed by atoms with van der Waals surface area (Å²) in [5, 5.41) is 0.805. The van der Waals surface area contributed by atoms with Gasteiger partial charge in [0.2, 0.25) is 18.6 Å². The third-order valence-electron chi connectivity index (χ3n) is 2.52. The van der Waals surface area contributed by atoms with Gasteiger partial charge in [0, 0.05) is 0 Å².